The second-order valence-electron chi connectivity index (χ2n) is 5.61. The molecule has 0 saturated heterocycles. The lowest BCUT2D eigenvalue weighted by atomic mass is 10.0. The first kappa shape index (κ1) is 17.7. The minimum Gasteiger partial charge on any atom is -0.354 e. The summed E-state index contributed by atoms with van der Waals surface area (Å²) in [7, 11) is 0. The van der Waals surface area contributed by atoms with Gasteiger partial charge >= 0.3 is 0 Å². The van der Waals surface area contributed by atoms with Gasteiger partial charge < -0.3 is 10.6 Å². The Hall–Kier alpha value is -2.69. The SMILES string of the molecule is CC(=O)N[C@@H](Cc1ccc(F)cc1)C(=O)NCCc1ccccc1. The van der Waals surface area contributed by atoms with Crippen molar-refractivity contribution in [1.82, 2.24) is 10.6 Å². The summed E-state index contributed by atoms with van der Waals surface area (Å²) in [5.41, 5.74) is 1.92. The number of carbonyl (C=O) groups is 2. The van der Waals surface area contributed by atoms with Gasteiger partial charge in [-0.3, -0.25) is 9.59 Å². The van der Waals surface area contributed by atoms with Gasteiger partial charge in [-0.2, -0.15) is 0 Å². The van der Waals surface area contributed by atoms with Crippen molar-refractivity contribution in [2.75, 3.05) is 6.54 Å². The maximum absolute atomic E-state index is 13.0. The summed E-state index contributed by atoms with van der Waals surface area (Å²) in [4.78, 5) is 23.7. The molecule has 2 amide bonds. The molecule has 1 atom stereocenters. The Labute approximate surface area is 141 Å². The van der Waals surface area contributed by atoms with Crippen molar-refractivity contribution in [2.45, 2.75) is 25.8 Å². The van der Waals surface area contributed by atoms with Gasteiger partial charge in [0, 0.05) is 19.9 Å². The molecule has 0 aliphatic rings. The van der Waals surface area contributed by atoms with Gasteiger partial charge in [-0.05, 0) is 29.7 Å². The summed E-state index contributed by atoms with van der Waals surface area (Å²) in [5, 5.41) is 5.49. The van der Waals surface area contributed by atoms with E-state index in [1.807, 2.05) is 30.3 Å². The van der Waals surface area contributed by atoms with Crippen LogP contribution in [-0.4, -0.2) is 24.4 Å². The minimum absolute atomic E-state index is 0.245. The van der Waals surface area contributed by atoms with Crippen LogP contribution in [-0.2, 0) is 22.4 Å². The molecular formula is C19H21FN2O2. The van der Waals surface area contributed by atoms with Crippen LogP contribution >= 0.6 is 0 Å². The van der Waals surface area contributed by atoms with Crippen LogP contribution < -0.4 is 10.6 Å². The predicted molar refractivity (Wildman–Crippen MR) is 90.9 cm³/mol. The van der Waals surface area contributed by atoms with E-state index in [4.69, 9.17) is 0 Å². The van der Waals surface area contributed by atoms with E-state index in [1.54, 1.807) is 12.1 Å². The molecule has 0 heterocycles. The summed E-state index contributed by atoms with van der Waals surface area (Å²) >= 11 is 0. The molecule has 0 unspecified atom stereocenters. The molecule has 0 aromatic heterocycles. The van der Waals surface area contributed by atoms with Crippen LogP contribution in [0.5, 0.6) is 0 Å². The summed E-state index contributed by atoms with van der Waals surface area (Å²) < 4.78 is 13.0. The van der Waals surface area contributed by atoms with E-state index in [1.165, 1.54) is 19.1 Å². The van der Waals surface area contributed by atoms with E-state index < -0.39 is 6.04 Å². The maximum atomic E-state index is 13.0. The van der Waals surface area contributed by atoms with Crippen molar-refractivity contribution in [3.63, 3.8) is 0 Å². The van der Waals surface area contributed by atoms with Gasteiger partial charge in [0.25, 0.3) is 0 Å². The first-order valence-electron chi connectivity index (χ1n) is 7.88. The average Bonchev–Trinajstić information content (AvgIpc) is 2.57. The van der Waals surface area contributed by atoms with Crippen LogP contribution in [0.25, 0.3) is 0 Å². The standard InChI is InChI=1S/C19H21FN2O2/c1-14(23)22-18(13-16-7-9-17(20)10-8-16)19(24)21-12-11-15-5-3-2-4-6-15/h2-10,18H,11-13H2,1H3,(H,21,24)(H,22,23)/t18-/m0/s1. The Morgan fingerprint density at radius 2 is 1.67 bits per heavy atom. The number of nitrogens with one attached hydrogen (secondary N) is 2. The van der Waals surface area contributed by atoms with Crippen LogP contribution in [0.1, 0.15) is 18.1 Å². The fourth-order valence-corrected chi connectivity index (χ4v) is 2.41. The number of hydrogen-bond donors (Lipinski definition) is 2. The van der Waals surface area contributed by atoms with Gasteiger partial charge in [-0.25, -0.2) is 4.39 Å². The number of hydrogen-bond acceptors (Lipinski definition) is 2. The number of carbonyl (C=O) groups excluding carboxylic acids is 2. The Kier molecular flexibility index (Phi) is 6.49. The van der Waals surface area contributed by atoms with Gasteiger partial charge in [0.2, 0.25) is 11.8 Å². The van der Waals surface area contributed by atoms with E-state index in [2.05, 4.69) is 10.6 Å². The molecule has 5 heteroatoms. The topological polar surface area (TPSA) is 58.2 Å². The Morgan fingerprint density at radius 1 is 1.00 bits per heavy atom. The van der Waals surface area contributed by atoms with Crippen LogP contribution in [0.15, 0.2) is 54.6 Å². The third-order valence-corrected chi connectivity index (χ3v) is 3.60. The summed E-state index contributed by atoms with van der Waals surface area (Å²) in [5.74, 6) is -0.854. The zero-order valence-electron chi connectivity index (χ0n) is 13.6. The monoisotopic (exact) mass is 328 g/mol. The van der Waals surface area contributed by atoms with Crippen LogP contribution in [0.2, 0.25) is 0 Å². The van der Waals surface area contributed by atoms with Crippen molar-refractivity contribution in [1.29, 1.82) is 0 Å². The molecule has 0 radical (unpaired) electrons. The fourth-order valence-electron chi connectivity index (χ4n) is 2.41. The van der Waals surface area contributed by atoms with E-state index in [0.717, 1.165) is 17.5 Å². The van der Waals surface area contributed by atoms with Crippen molar-refractivity contribution in [3.05, 3.63) is 71.5 Å². The first-order chi connectivity index (χ1) is 11.5. The summed E-state index contributed by atoms with van der Waals surface area (Å²) in [6.07, 6.45) is 1.03. The smallest absolute Gasteiger partial charge is 0.242 e. The molecule has 24 heavy (non-hydrogen) atoms. The Balaban J connectivity index is 1.92. The van der Waals surface area contributed by atoms with E-state index >= 15 is 0 Å². The molecule has 0 aliphatic heterocycles. The number of halogens is 1. The zero-order chi connectivity index (χ0) is 17.4. The Bertz CT molecular complexity index is 672. The highest BCUT2D eigenvalue weighted by Crippen LogP contribution is 2.06. The summed E-state index contributed by atoms with van der Waals surface area (Å²) in [6, 6.07) is 15.1. The highest BCUT2D eigenvalue weighted by molar-refractivity contribution is 5.87. The van der Waals surface area contributed by atoms with E-state index in [-0.39, 0.29) is 17.6 Å². The second kappa shape index (κ2) is 8.82. The number of rotatable bonds is 7. The highest BCUT2D eigenvalue weighted by atomic mass is 19.1. The van der Waals surface area contributed by atoms with Gasteiger partial charge in [0.15, 0.2) is 0 Å². The van der Waals surface area contributed by atoms with Crippen molar-refractivity contribution >= 4 is 11.8 Å². The first-order valence-corrected chi connectivity index (χ1v) is 7.88. The fraction of sp³-hybridized carbons (Fsp3) is 0.263. The third-order valence-electron chi connectivity index (χ3n) is 3.60. The van der Waals surface area contributed by atoms with Crippen LogP contribution in [0, 0.1) is 5.82 Å². The lowest BCUT2D eigenvalue weighted by molar-refractivity contribution is -0.128. The largest absolute Gasteiger partial charge is 0.354 e. The molecule has 0 fully saturated rings. The molecule has 2 rings (SSSR count). The molecule has 0 aliphatic carbocycles. The average molecular weight is 328 g/mol. The van der Waals surface area contributed by atoms with E-state index in [9.17, 15) is 14.0 Å². The van der Waals surface area contributed by atoms with Crippen molar-refractivity contribution in [2.24, 2.45) is 0 Å². The van der Waals surface area contributed by atoms with Crippen LogP contribution in [0.3, 0.4) is 0 Å². The lowest BCUT2D eigenvalue weighted by Gasteiger charge is -2.18. The van der Waals surface area contributed by atoms with Crippen molar-refractivity contribution < 1.29 is 14.0 Å². The molecule has 0 saturated carbocycles. The maximum Gasteiger partial charge on any atom is 0.242 e. The second-order valence-corrected chi connectivity index (χ2v) is 5.61. The minimum atomic E-state index is -0.677. The molecule has 126 valence electrons. The quantitative estimate of drug-likeness (QED) is 0.819. The third kappa shape index (κ3) is 5.83. The normalized spacial score (nSPS) is 11.6. The van der Waals surface area contributed by atoms with Crippen molar-refractivity contribution in [3.8, 4) is 0 Å². The molecule has 2 aromatic carbocycles. The molecule has 2 aromatic rings. The van der Waals surface area contributed by atoms with Gasteiger partial charge in [0.1, 0.15) is 11.9 Å². The number of amides is 2. The van der Waals surface area contributed by atoms with Gasteiger partial charge in [-0.1, -0.05) is 42.5 Å². The summed E-state index contributed by atoms with van der Waals surface area (Å²) in [6.45, 7) is 1.86. The zero-order valence-corrected chi connectivity index (χ0v) is 13.6. The predicted octanol–water partition coefficient (Wildman–Crippen LogP) is 2.23. The Morgan fingerprint density at radius 3 is 2.29 bits per heavy atom. The van der Waals surface area contributed by atoms with E-state index in [0.29, 0.717) is 13.0 Å². The molecule has 4 nitrogen and oxygen atoms in total. The number of benzene rings is 2. The van der Waals surface area contributed by atoms with Gasteiger partial charge in [0.05, 0.1) is 0 Å². The lowest BCUT2D eigenvalue weighted by Crippen LogP contribution is -2.47. The highest BCUT2D eigenvalue weighted by Gasteiger charge is 2.19. The molecule has 2 N–H and O–H groups in total. The van der Waals surface area contributed by atoms with Crippen LogP contribution in [0.4, 0.5) is 4.39 Å². The molecule has 0 bridgehead atoms. The van der Waals surface area contributed by atoms with Gasteiger partial charge in [-0.15, -0.1) is 0 Å². The molecular weight excluding hydrogens is 307 g/mol. The molecule has 0 spiro atoms.